The van der Waals surface area contributed by atoms with Crippen LogP contribution in [0.4, 0.5) is 0 Å². The van der Waals surface area contributed by atoms with Crippen LogP contribution in [0.1, 0.15) is 50.2 Å². The van der Waals surface area contributed by atoms with Crippen molar-refractivity contribution >= 4 is 11.8 Å². The number of carbonyl (C=O) groups excluding carboxylic acids is 2. The van der Waals surface area contributed by atoms with Crippen LogP contribution in [0.2, 0.25) is 0 Å². The van der Waals surface area contributed by atoms with E-state index >= 15 is 0 Å². The number of carbonyl (C=O) groups is 2. The topological polar surface area (TPSA) is 71.1 Å². The van der Waals surface area contributed by atoms with Gasteiger partial charge in [0.25, 0.3) is 11.8 Å². The van der Waals surface area contributed by atoms with Crippen molar-refractivity contribution in [2.75, 3.05) is 6.54 Å². The molecular weight excluding hydrogens is 314 g/mol. The number of aryl methyl sites for hydroxylation is 3. The minimum Gasteiger partial charge on any atom is -0.350 e. The summed E-state index contributed by atoms with van der Waals surface area (Å²) in [6.07, 6.45) is 0. The van der Waals surface area contributed by atoms with E-state index in [4.69, 9.17) is 0 Å². The SMILES string of the molecule is Cc1cccc(C(=O)NCC(C)NC(=O)c2cc(C)nc(C)c2C)c1. The number of hydrogen-bond acceptors (Lipinski definition) is 3. The number of pyridine rings is 1. The van der Waals surface area contributed by atoms with Gasteiger partial charge in [-0.2, -0.15) is 0 Å². The molecule has 0 fully saturated rings. The number of rotatable bonds is 5. The standard InChI is InChI=1S/C20H25N3O2/c1-12-7-6-8-17(9-12)19(24)21-11-14(3)23-20(25)18-10-13(2)22-16(5)15(18)4/h6-10,14H,11H2,1-5H3,(H,21,24)(H,23,25). The highest BCUT2D eigenvalue weighted by Gasteiger charge is 2.15. The van der Waals surface area contributed by atoms with Gasteiger partial charge in [-0.05, 0) is 58.4 Å². The lowest BCUT2D eigenvalue weighted by Gasteiger charge is -2.16. The molecule has 0 aliphatic carbocycles. The monoisotopic (exact) mass is 339 g/mol. The predicted octanol–water partition coefficient (Wildman–Crippen LogP) is 2.86. The molecule has 25 heavy (non-hydrogen) atoms. The Bertz CT molecular complexity index is 800. The highest BCUT2D eigenvalue weighted by atomic mass is 16.2. The van der Waals surface area contributed by atoms with Gasteiger partial charge in [-0.3, -0.25) is 14.6 Å². The molecule has 1 atom stereocenters. The van der Waals surface area contributed by atoms with Gasteiger partial charge in [-0.1, -0.05) is 17.7 Å². The third-order valence-electron chi connectivity index (χ3n) is 4.12. The molecule has 1 aromatic heterocycles. The minimum atomic E-state index is -0.186. The Morgan fingerprint density at radius 3 is 2.48 bits per heavy atom. The summed E-state index contributed by atoms with van der Waals surface area (Å²) in [5.41, 5.74) is 4.82. The first-order valence-corrected chi connectivity index (χ1v) is 8.38. The molecule has 0 bridgehead atoms. The zero-order valence-electron chi connectivity index (χ0n) is 15.4. The fourth-order valence-corrected chi connectivity index (χ4v) is 2.62. The second kappa shape index (κ2) is 7.92. The molecular formula is C20H25N3O2. The molecule has 1 heterocycles. The molecule has 5 heteroatoms. The molecule has 132 valence electrons. The van der Waals surface area contributed by atoms with Crippen LogP contribution < -0.4 is 10.6 Å². The van der Waals surface area contributed by atoms with Gasteiger partial charge in [0.2, 0.25) is 0 Å². The minimum absolute atomic E-state index is 0.142. The molecule has 0 saturated heterocycles. The molecule has 1 unspecified atom stereocenters. The first kappa shape index (κ1) is 18.6. The van der Waals surface area contributed by atoms with Crippen molar-refractivity contribution in [3.8, 4) is 0 Å². The van der Waals surface area contributed by atoms with Crippen LogP contribution in [-0.2, 0) is 0 Å². The maximum absolute atomic E-state index is 12.5. The summed E-state index contributed by atoms with van der Waals surface area (Å²) in [5, 5.41) is 5.78. The Morgan fingerprint density at radius 2 is 1.80 bits per heavy atom. The van der Waals surface area contributed by atoms with Crippen LogP contribution in [0.25, 0.3) is 0 Å². The van der Waals surface area contributed by atoms with E-state index in [0.717, 1.165) is 22.5 Å². The van der Waals surface area contributed by atoms with E-state index in [2.05, 4.69) is 15.6 Å². The van der Waals surface area contributed by atoms with E-state index in [1.165, 1.54) is 0 Å². The molecule has 2 rings (SSSR count). The molecule has 0 aliphatic heterocycles. The van der Waals surface area contributed by atoms with Crippen LogP contribution in [0.15, 0.2) is 30.3 Å². The Kier molecular flexibility index (Phi) is 5.91. The molecule has 2 aromatic rings. The molecule has 0 spiro atoms. The van der Waals surface area contributed by atoms with Crippen LogP contribution in [0.5, 0.6) is 0 Å². The second-order valence-corrected chi connectivity index (χ2v) is 6.48. The third-order valence-corrected chi connectivity index (χ3v) is 4.12. The number of benzene rings is 1. The van der Waals surface area contributed by atoms with Crippen LogP contribution in [-0.4, -0.2) is 29.4 Å². The molecule has 1 aromatic carbocycles. The highest BCUT2D eigenvalue weighted by molar-refractivity contribution is 5.96. The average Bonchev–Trinajstić information content (AvgIpc) is 2.55. The summed E-state index contributed by atoms with van der Waals surface area (Å²) in [4.78, 5) is 29.0. The zero-order valence-corrected chi connectivity index (χ0v) is 15.4. The van der Waals surface area contributed by atoms with Gasteiger partial charge >= 0.3 is 0 Å². The lowest BCUT2D eigenvalue weighted by molar-refractivity contribution is 0.0911. The Morgan fingerprint density at radius 1 is 1.08 bits per heavy atom. The van der Waals surface area contributed by atoms with E-state index in [0.29, 0.717) is 17.7 Å². The van der Waals surface area contributed by atoms with Crippen molar-refractivity contribution in [3.63, 3.8) is 0 Å². The smallest absolute Gasteiger partial charge is 0.251 e. The van der Waals surface area contributed by atoms with E-state index in [1.807, 2.05) is 52.8 Å². The first-order valence-electron chi connectivity index (χ1n) is 8.38. The summed E-state index contributed by atoms with van der Waals surface area (Å²) >= 11 is 0. The predicted molar refractivity (Wildman–Crippen MR) is 98.9 cm³/mol. The second-order valence-electron chi connectivity index (χ2n) is 6.48. The summed E-state index contributed by atoms with van der Waals surface area (Å²) < 4.78 is 0. The van der Waals surface area contributed by atoms with Gasteiger partial charge < -0.3 is 10.6 Å². The number of amides is 2. The molecule has 0 saturated carbocycles. The Labute approximate surface area is 148 Å². The van der Waals surface area contributed by atoms with Crippen molar-refractivity contribution in [2.24, 2.45) is 0 Å². The maximum atomic E-state index is 12.5. The van der Waals surface area contributed by atoms with E-state index in [-0.39, 0.29) is 17.9 Å². The van der Waals surface area contributed by atoms with Gasteiger partial charge in [-0.15, -0.1) is 0 Å². The molecule has 2 N–H and O–H groups in total. The molecule has 0 radical (unpaired) electrons. The normalized spacial score (nSPS) is 11.7. The summed E-state index contributed by atoms with van der Waals surface area (Å²) in [6, 6.07) is 9.01. The fraction of sp³-hybridized carbons (Fsp3) is 0.350. The Balaban J connectivity index is 1.95. The van der Waals surface area contributed by atoms with Gasteiger partial charge in [0.1, 0.15) is 0 Å². The molecule has 2 amide bonds. The molecule has 5 nitrogen and oxygen atoms in total. The maximum Gasteiger partial charge on any atom is 0.251 e. The summed E-state index contributed by atoms with van der Waals surface area (Å²) in [7, 11) is 0. The van der Waals surface area contributed by atoms with Gasteiger partial charge in [-0.25, -0.2) is 0 Å². The van der Waals surface area contributed by atoms with Crippen LogP contribution >= 0.6 is 0 Å². The van der Waals surface area contributed by atoms with Gasteiger partial charge in [0.05, 0.1) is 0 Å². The van der Waals surface area contributed by atoms with E-state index in [9.17, 15) is 9.59 Å². The first-order chi connectivity index (χ1) is 11.8. The quantitative estimate of drug-likeness (QED) is 0.880. The van der Waals surface area contributed by atoms with Gasteiger partial charge in [0, 0.05) is 35.1 Å². The number of nitrogens with one attached hydrogen (secondary N) is 2. The van der Waals surface area contributed by atoms with Gasteiger partial charge in [0.15, 0.2) is 0 Å². The number of hydrogen-bond donors (Lipinski definition) is 2. The Hall–Kier alpha value is -2.69. The number of aromatic nitrogens is 1. The van der Waals surface area contributed by atoms with Crippen LogP contribution in [0.3, 0.4) is 0 Å². The average molecular weight is 339 g/mol. The number of nitrogens with zero attached hydrogens (tertiary/aromatic N) is 1. The van der Waals surface area contributed by atoms with Crippen molar-refractivity contribution < 1.29 is 9.59 Å². The fourth-order valence-electron chi connectivity index (χ4n) is 2.62. The van der Waals surface area contributed by atoms with Crippen molar-refractivity contribution in [1.29, 1.82) is 0 Å². The van der Waals surface area contributed by atoms with Crippen LogP contribution in [0, 0.1) is 27.7 Å². The summed E-state index contributed by atoms with van der Waals surface area (Å²) in [5.74, 6) is -0.292. The van der Waals surface area contributed by atoms with E-state index < -0.39 is 0 Å². The van der Waals surface area contributed by atoms with Crippen molar-refractivity contribution in [3.05, 3.63) is 64.0 Å². The lowest BCUT2D eigenvalue weighted by atomic mass is 10.1. The molecule has 0 aliphatic rings. The van der Waals surface area contributed by atoms with Crippen molar-refractivity contribution in [2.45, 2.75) is 40.7 Å². The van der Waals surface area contributed by atoms with Crippen molar-refractivity contribution in [1.82, 2.24) is 15.6 Å². The van der Waals surface area contributed by atoms with E-state index in [1.54, 1.807) is 12.1 Å². The highest BCUT2D eigenvalue weighted by Crippen LogP contribution is 2.13. The largest absolute Gasteiger partial charge is 0.350 e. The lowest BCUT2D eigenvalue weighted by Crippen LogP contribution is -2.42. The third kappa shape index (κ3) is 4.89. The summed E-state index contributed by atoms with van der Waals surface area (Å²) in [6.45, 7) is 9.83. The zero-order chi connectivity index (χ0) is 18.6.